The van der Waals surface area contributed by atoms with Crippen molar-refractivity contribution in [3.8, 4) is 16.9 Å². The molecule has 4 nitrogen and oxygen atoms in total. The van der Waals surface area contributed by atoms with Gasteiger partial charge in [-0.3, -0.25) is 14.9 Å². The predicted octanol–water partition coefficient (Wildman–Crippen LogP) is 6.73. The van der Waals surface area contributed by atoms with Crippen LogP contribution in [-0.2, 0) is 15.6 Å². The summed E-state index contributed by atoms with van der Waals surface area (Å²) in [7, 11) is 0. The van der Waals surface area contributed by atoms with Crippen molar-refractivity contribution in [1.82, 2.24) is 5.32 Å². The highest BCUT2D eigenvalue weighted by Crippen LogP contribution is 2.48. The fourth-order valence-electron chi connectivity index (χ4n) is 4.71. The zero-order chi connectivity index (χ0) is 23.3. The van der Waals surface area contributed by atoms with E-state index in [9.17, 15) is 9.59 Å². The number of carbonyl (C=O) groups is 2. The van der Waals surface area contributed by atoms with E-state index in [2.05, 4.69) is 58.1 Å². The van der Waals surface area contributed by atoms with Crippen molar-refractivity contribution < 1.29 is 14.3 Å². The topological polar surface area (TPSA) is 55.4 Å². The first-order valence-electron chi connectivity index (χ1n) is 11.2. The minimum absolute atomic E-state index is 0.109. The van der Waals surface area contributed by atoms with Crippen molar-refractivity contribution in [2.24, 2.45) is 0 Å². The third-order valence-corrected chi connectivity index (χ3v) is 7.54. The first kappa shape index (κ1) is 22.7. The molecule has 1 aliphatic heterocycles. The minimum atomic E-state index is -0.343. The third kappa shape index (κ3) is 4.11. The van der Waals surface area contributed by atoms with Crippen molar-refractivity contribution in [2.45, 2.75) is 65.2 Å². The van der Waals surface area contributed by atoms with Crippen molar-refractivity contribution >= 4 is 29.0 Å². The predicted molar refractivity (Wildman–Crippen MR) is 132 cm³/mol. The lowest BCUT2D eigenvalue weighted by Crippen LogP contribution is -2.34. The Balaban J connectivity index is 1.88. The van der Waals surface area contributed by atoms with E-state index in [0.717, 1.165) is 40.6 Å². The Morgan fingerprint density at radius 3 is 2.25 bits per heavy atom. The molecule has 0 aromatic heterocycles. The minimum Gasteiger partial charge on any atom is -0.493 e. The number of amides is 2. The molecule has 1 N–H and O–H groups in total. The van der Waals surface area contributed by atoms with Crippen LogP contribution in [0.1, 0.15) is 69.7 Å². The molecule has 0 unspecified atom stereocenters. The number of nitrogens with one attached hydrogen (secondary N) is 1. The maximum absolute atomic E-state index is 12.0. The molecule has 1 fully saturated rings. The Morgan fingerprint density at radius 2 is 1.66 bits per heavy atom. The summed E-state index contributed by atoms with van der Waals surface area (Å²) in [6, 6.07) is 10.6. The molecule has 2 amide bonds. The number of rotatable bonds is 4. The number of carbonyl (C=O) groups excluding carboxylic acids is 2. The van der Waals surface area contributed by atoms with Gasteiger partial charge in [0.05, 0.1) is 11.5 Å². The van der Waals surface area contributed by atoms with Crippen LogP contribution in [0, 0.1) is 6.92 Å². The Kier molecular flexibility index (Phi) is 5.74. The molecular formula is C27H31NO3S. The molecule has 2 aromatic rings. The molecule has 2 aromatic carbocycles. The zero-order valence-corrected chi connectivity index (χ0v) is 20.5. The van der Waals surface area contributed by atoms with E-state index in [0.29, 0.717) is 11.5 Å². The lowest BCUT2D eigenvalue weighted by Gasteiger charge is -2.42. The second-order valence-corrected chi connectivity index (χ2v) is 11.0. The largest absolute Gasteiger partial charge is 0.493 e. The molecule has 0 radical (unpaired) electrons. The van der Waals surface area contributed by atoms with Crippen LogP contribution >= 0.6 is 11.8 Å². The van der Waals surface area contributed by atoms with Gasteiger partial charge in [-0.25, -0.2) is 0 Å². The van der Waals surface area contributed by atoms with Crippen LogP contribution < -0.4 is 10.1 Å². The van der Waals surface area contributed by atoms with Gasteiger partial charge in [0.2, 0.25) is 0 Å². The molecule has 168 valence electrons. The molecule has 1 aliphatic carbocycles. The standard InChI is InChI=1S/C27H31NO3S/c1-7-31-22-9-8-17(14-23-24(29)28-25(30)32-23)13-19(22)18-15-21-20(12-16(18)2)26(3,4)10-11-27(21,5)6/h8-9,12-15H,7,10-11H2,1-6H3,(H,28,29,30)/b23-14+. The molecule has 1 saturated heterocycles. The van der Waals surface area contributed by atoms with Crippen LogP contribution in [0.5, 0.6) is 5.75 Å². The van der Waals surface area contributed by atoms with Crippen molar-refractivity contribution in [2.75, 3.05) is 6.61 Å². The molecule has 32 heavy (non-hydrogen) atoms. The summed E-state index contributed by atoms with van der Waals surface area (Å²) in [5, 5.41) is 1.99. The van der Waals surface area contributed by atoms with Gasteiger partial charge < -0.3 is 4.74 Å². The summed E-state index contributed by atoms with van der Waals surface area (Å²) in [5.74, 6) is 0.481. The van der Waals surface area contributed by atoms with Gasteiger partial charge in [0.15, 0.2) is 0 Å². The van der Waals surface area contributed by atoms with Gasteiger partial charge in [0.1, 0.15) is 5.75 Å². The molecule has 0 atom stereocenters. The zero-order valence-electron chi connectivity index (χ0n) is 19.7. The Morgan fingerprint density at radius 1 is 1.00 bits per heavy atom. The highest BCUT2D eigenvalue weighted by molar-refractivity contribution is 8.18. The van der Waals surface area contributed by atoms with Gasteiger partial charge in [-0.05, 0) is 101 Å². The molecule has 1 heterocycles. The second kappa shape index (κ2) is 8.11. The molecule has 5 heteroatoms. The first-order chi connectivity index (χ1) is 15.0. The van der Waals surface area contributed by atoms with Crippen LogP contribution in [0.25, 0.3) is 17.2 Å². The van der Waals surface area contributed by atoms with Gasteiger partial charge >= 0.3 is 0 Å². The van der Waals surface area contributed by atoms with E-state index < -0.39 is 0 Å². The Labute approximate surface area is 194 Å². The fraction of sp³-hybridized carbons (Fsp3) is 0.407. The van der Waals surface area contributed by atoms with Crippen LogP contribution in [0.3, 0.4) is 0 Å². The number of thioether (sulfide) groups is 1. The van der Waals surface area contributed by atoms with Crippen LogP contribution in [0.15, 0.2) is 35.2 Å². The summed E-state index contributed by atoms with van der Waals surface area (Å²) >= 11 is 0.936. The van der Waals surface area contributed by atoms with Crippen molar-refractivity contribution in [1.29, 1.82) is 0 Å². The van der Waals surface area contributed by atoms with Gasteiger partial charge in [0.25, 0.3) is 11.1 Å². The van der Waals surface area contributed by atoms with E-state index in [1.807, 2.05) is 19.1 Å². The molecular weight excluding hydrogens is 418 g/mol. The van der Waals surface area contributed by atoms with E-state index in [1.54, 1.807) is 6.08 Å². The smallest absolute Gasteiger partial charge is 0.290 e. The quantitative estimate of drug-likeness (QED) is 0.526. The lowest BCUT2D eigenvalue weighted by atomic mass is 9.62. The van der Waals surface area contributed by atoms with Crippen molar-refractivity contribution in [3.05, 3.63) is 57.5 Å². The van der Waals surface area contributed by atoms with Crippen LogP contribution in [0.4, 0.5) is 4.79 Å². The summed E-state index contributed by atoms with van der Waals surface area (Å²) in [4.78, 5) is 24.0. The second-order valence-electron chi connectivity index (χ2n) is 10.0. The highest BCUT2D eigenvalue weighted by Gasteiger charge is 2.37. The summed E-state index contributed by atoms with van der Waals surface area (Å²) in [6.45, 7) is 14.1. The number of hydrogen-bond acceptors (Lipinski definition) is 4. The summed E-state index contributed by atoms with van der Waals surface area (Å²) < 4.78 is 5.99. The van der Waals surface area contributed by atoms with Crippen LogP contribution in [0.2, 0.25) is 0 Å². The van der Waals surface area contributed by atoms with Gasteiger partial charge in [-0.2, -0.15) is 0 Å². The van der Waals surface area contributed by atoms with E-state index in [1.165, 1.54) is 23.1 Å². The lowest BCUT2D eigenvalue weighted by molar-refractivity contribution is -0.115. The number of ether oxygens (including phenoxy) is 1. The van der Waals surface area contributed by atoms with Crippen molar-refractivity contribution in [3.63, 3.8) is 0 Å². The van der Waals surface area contributed by atoms with Gasteiger partial charge in [-0.1, -0.05) is 39.8 Å². The monoisotopic (exact) mass is 449 g/mol. The Bertz CT molecular complexity index is 1140. The van der Waals surface area contributed by atoms with E-state index in [-0.39, 0.29) is 22.0 Å². The first-order valence-corrected chi connectivity index (χ1v) is 12.0. The number of hydrogen-bond donors (Lipinski definition) is 1. The SMILES string of the molecule is CCOc1ccc(/C=C2/SC(=O)NC2=O)cc1-c1cc2c(cc1C)C(C)(C)CCC2(C)C. The molecule has 0 saturated carbocycles. The van der Waals surface area contributed by atoms with E-state index in [4.69, 9.17) is 4.74 Å². The number of benzene rings is 2. The number of aryl methyl sites for hydroxylation is 1. The number of fused-ring (bicyclic) bond motifs is 1. The van der Waals surface area contributed by atoms with Gasteiger partial charge in [-0.15, -0.1) is 0 Å². The molecule has 0 bridgehead atoms. The van der Waals surface area contributed by atoms with Crippen LogP contribution in [-0.4, -0.2) is 17.8 Å². The summed E-state index contributed by atoms with van der Waals surface area (Å²) in [6.07, 6.45) is 4.10. The highest BCUT2D eigenvalue weighted by atomic mass is 32.2. The molecule has 4 rings (SSSR count). The molecule has 0 spiro atoms. The average molecular weight is 450 g/mol. The maximum Gasteiger partial charge on any atom is 0.290 e. The number of imide groups is 1. The Hall–Kier alpha value is -2.53. The normalized spacial score (nSPS) is 20.2. The average Bonchev–Trinajstić information content (AvgIpc) is 3.03. The molecule has 2 aliphatic rings. The third-order valence-electron chi connectivity index (χ3n) is 6.73. The maximum atomic E-state index is 12.0. The summed E-state index contributed by atoms with van der Waals surface area (Å²) in [5.41, 5.74) is 7.34. The fourth-order valence-corrected chi connectivity index (χ4v) is 5.40. The van der Waals surface area contributed by atoms with E-state index >= 15 is 0 Å². The van der Waals surface area contributed by atoms with Gasteiger partial charge in [0, 0.05) is 5.56 Å².